The van der Waals surface area contributed by atoms with Crippen LogP contribution in [0.15, 0.2) is 54.6 Å². The van der Waals surface area contributed by atoms with Gasteiger partial charge >= 0.3 is 10.1 Å². The van der Waals surface area contributed by atoms with E-state index >= 15 is 0 Å². The molecular formula is C19H23NO4S. The summed E-state index contributed by atoms with van der Waals surface area (Å²) in [6.45, 7) is 4.56. The van der Waals surface area contributed by atoms with Gasteiger partial charge in [0.1, 0.15) is 5.75 Å². The third-order valence-corrected chi connectivity index (χ3v) is 4.92. The number of rotatable bonds is 5. The van der Waals surface area contributed by atoms with Crippen molar-refractivity contribution in [2.45, 2.75) is 19.1 Å². The van der Waals surface area contributed by atoms with Crippen LogP contribution in [0.1, 0.15) is 30.2 Å². The molecule has 0 aliphatic carbocycles. The molecule has 0 spiro atoms. The summed E-state index contributed by atoms with van der Waals surface area (Å²) in [5.74, 6) is 0.316. The summed E-state index contributed by atoms with van der Waals surface area (Å²) in [4.78, 5) is 2.41. The van der Waals surface area contributed by atoms with Crippen LogP contribution in [0.5, 0.6) is 5.75 Å². The van der Waals surface area contributed by atoms with E-state index in [1.165, 1.54) is 5.56 Å². The van der Waals surface area contributed by atoms with E-state index in [4.69, 9.17) is 8.92 Å². The Kier molecular flexibility index (Phi) is 5.42. The van der Waals surface area contributed by atoms with Crippen molar-refractivity contribution < 1.29 is 17.3 Å². The van der Waals surface area contributed by atoms with Crippen LogP contribution >= 0.6 is 0 Å². The molecule has 2 aromatic carbocycles. The van der Waals surface area contributed by atoms with Crippen molar-refractivity contribution in [2.75, 3.05) is 26.0 Å². The fourth-order valence-corrected chi connectivity index (χ4v) is 3.54. The zero-order valence-corrected chi connectivity index (χ0v) is 15.3. The molecule has 1 aliphatic rings. The van der Waals surface area contributed by atoms with Crippen LogP contribution in [0, 0.1) is 0 Å². The quantitative estimate of drug-likeness (QED) is 0.766. The maximum Gasteiger partial charge on any atom is 0.306 e. The standard InChI is InChI=1S/C19H23NO4S/c1-15(16-6-4-3-5-7-16)20-12-13-23-19(14-20)17-8-10-18(11-9-17)24-25(2,21)22/h3-11,15,19H,12-14H2,1-2H3/t15-,19+/m0/s1. The maximum atomic E-state index is 11.2. The molecule has 1 fully saturated rings. The lowest BCUT2D eigenvalue weighted by atomic mass is 10.0. The van der Waals surface area contributed by atoms with Crippen molar-refractivity contribution in [3.05, 3.63) is 65.7 Å². The minimum atomic E-state index is -3.51. The number of benzene rings is 2. The number of hydrogen-bond acceptors (Lipinski definition) is 5. The molecule has 5 nitrogen and oxygen atoms in total. The van der Waals surface area contributed by atoms with Crippen LogP contribution in [0.4, 0.5) is 0 Å². The number of hydrogen-bond donors (Lipinski definition) is 0. The van der Waals surface area contributed by atoms with E-state index < -0.39 is 10.1 Å². The maximum absolute atomic E-state index is 11.2. The second-order valence-electron chi connectivity index (χ2n) is 6.30. The van der Waals surface area contributed by atoms with Crippen LogP contribution in [-0.2, 0) is 14.9 Å². The molecule has 1 aliphatic heterocycles. The van der Waals surface area contributed by atoms with E-state index in [1.54, 1.807) is 12.1 Å². The molecule has 2 aromatic rings. The Balaban J connectivity index is 1.69. The highest BCUT2D eigenvalue weighted by Crippen LogP contribution is 2.29. The van der Waals surface area contributed by atoms with Crippen molar-refractivity contribution in [1.29, 1.82) is 0 Å². The Bertz CT molecular complexity index is 790. The Hall–Kier alpha value is -1.89. The molecule has 0 amide bonds. The van der Waals surface area contributed by atoms with Gasteiger partial charge in [-0.25, -0.2) is 0 Å². The average molecular weight is 361 g/mol. The summed E-state index contributed by atoms with van der Waals surface area (Å²) in [5.41, 5.74) is 2.31. The number of morpholine rings is 1. The van der Waals surface area contributed by atoms with Crippen LogP contribution in [0.25, 0.3) is 0 Å². The van der Waals surface area contributed by atoms with Gasteiger partial charge in [0.05, 0.1) is 19.0 Å². The Morgan fingerprint density at radius 1 is 1.12 bits per heavy atom. The van der Waals surface area contributed by atoms with E-state index in [0.29, 0.717) is 18.4 Å². The van der Waals surface area contributed by atoms with Crippen LogP contribution in [0.2, 0.25) is 0 Å². The van der Waals surface area contributed by atoms with Crippen LogP contribution in [0.3, 0.4) is 0 Å². The van der Waals surface area contributed by atoms with Crippen molar-refractivity contribution in [1.82, 2.24) is 4.90 Å². The lowest BCUT2D eigenvalue weighted by Gasteiger charge is -2.37. The second-order valence-corrected chi connectivity index (χ2v) is 7.87. The molecule has 0 bridgehead atoms. The predicted molar refractivity (Wildman–Crippen MR) is 97.0 cm³/mol. The smallest absolute Gasteiger partial charge is 0.306 e. The molecule has 134 valence electrons. The molecule has 2 atom stereocenters. The van der Waals surface area contributed by atoms with Gasteiger partial charge in [-0.3, -0.25) is 4.90 Å². The Labute approximate surface area is 149 Å². The molecule has 1 heterocycles. The monoisotopic (exact) mass is 361 g/mol. The summed E-state index contributed by atoms with van der Waals surface area (Å²) < 4.78 is 33.2. The minimum Gasteiger partial charge on any atom is -0.383 e. The lowest BCUT2D eigenvalue weighted by molar-refractivity contribution is -0.0431. The summed E-state index contributed by atoms with van der Waals surface area (Å²) in [7, 11) is -3.51. The largest absolute Gasteiger partial charge is 0.383 e. The van der Waals surface area contributed by atoms with Gasteiger partial charge in [-0.05, 0) is 30.2 Å². The summed E-state index contributed by atoms with van der Waals surface area (Å²) in [6.07, 6.45) is 1.00. The first kappa shape index (κ1) is 17.9. The first-order valence-electron chi connectivity index (χ1n) is 8.32. The van der Waals surface area contributed by atoms with Gasteiger partial charge in [-0.2, -0.15) is 8.42 Å². The highest BCUT2D eigenvalue weighted by molar-refractivity contribution is 7.86. The van der Waals surface area contributed by atoms with Crippen molar-refractivity contribution in [3.63, 3.8) is 0 Å². The molecule has 25 heavy (non-hydrogen) atoms. The molecule has 6 heteroatoms. The van der Waals surface area contributed by atoms with Crippen molar-refractivity contribution >= 4 is 10.1 Å². The zero-order chi connectivity index (χ0) is 17.9. The van der Waals surface area contributed by atoms with Gasteiger partial charge in [0.2, 0.25) is 0 Å². The molecule has 0 radical (unpaired) electrons. The van der Waals surface area contributed by atoms with E-state index in [-0.39, 0.29) is 6.10 Å². The molecule has 0 saturated carbocycles. The van der Waals surface area contributed by atoms with Gasteiger partial charge in [-0.15, -0.1) is 0 Å². The first-order chi connectivity index (χ1) is 11.9. The third-order valence-electron chi connectivity index (χ3n) is 4.43. The predicted octanol–water partition coefficient (Wildman–Crippen LogP) is 3.16. The summed E-state index contributed by atoms with van der Waals surface area (Å²) in [6, 6.07) is 17.8. The molecular weight excluding hydrogens is 338 g/mol. The molecule has 3 rings (SSSR count). The second kappa shape index (κ2) is 7.56. The Morgan fingerprint density at radius 3 is 2.44 bits per heavy atom. The number of nitrogens with zero attached hydrogens (tertiary/aromatic N) is 1. The van der Waals surface area contributed by atoms with Crippen LogP contribution < -0.4 is 4.18 Å². The van der Waals surface area contributed by atoms with Gasteiger partial charge in [0, 0.05) is 19.1 Å². The molecule has 0 unspecified atom stereocenters. The normalized spacial score (nSPS) is 20.2. The van der Waals surface area contributed by atoms with Crippen molar-refractivity contribution in [3.8, 4) is 5.75 Å². The molecule has 0 N–H and O–H groups in total. The van der Waals surface area contributed by atoms with E-state index in [9.17, 15) is 8.42 Å². The SMILES string of the molecule is C[C@@H](c1ccccc1)N1CCO[C@@H](c2ccc(OS(C)(=O)=O)cc2)C1. The van der Waals surface area contributed by atoms with Gasteiger partial charge in [-0.1, -0.05) is 42.5 Å². The van der Waals surface area contributed by atoms with Crippen molar-refractivity contribution in [2.24, 2.45) is 0 Å². The topological polar surface area (TPSA) is 55.8 Å². The van der Waals surface area contributed by atoms with Crippen LogP contribution in [-0.4, -0.2) is 39.3 Å². The van der Waals surface area contributed by atoms with E-state index in [1.807, 2.05) is 18.2 Å². The third kappa shape index (κ3) is 4.81. The van der Waals surface area contributed by atoms with Gasteiger partial charge in [0.15, 0.2) is 0 Å². The minimum absolute atomic E-state index is 0.0350. The van der Waals surface area contributed by atoms with Gasteiger partial charge < -0.3 is 8.92 Å². The van der Waals surface area contributed by atoms with Gasteiger partial charge in [0.25, 0.3) is 0 Å². The first-order valence-corrected chi connectivity index (χ1v) is 10.1. The number of ether oxygens (including phenoxy) is 1. The molecule has 0 aromatic heterocycles. The van der Waals surface area contributed by atoms with E-state index in [0.717, 1.165) is 24.9 Å². The van der Waals surface area contributed by atoms with E-state index in [2.05, 4.69) is 36.1 Å². The highest BCUT2D eigenvalue weighted by atomic mass is 32.2. The fourth-order valence-electron chi connectivity index (χ4n) is 3.08. The fraction of sp³-hybridized carbons (Fsp3) is 0.368. The average Bonchev–Trinajstić information content (AvgIpc) is 2.61. The highest BCUT2D eigenvalue weighted by Gasteiger charge is 2.26. The zero-order valence-electron chi connectivity index (χ0n) is 14.5. The molecule has 1 saturated heterocycles. The summed E-state index contributed by atoms with van der Waals surface area (Å²) >= 11 is 0. The summed E-state index contributed by atoms with van der Waals surface area (Å²) in [5, 5.41) is 0. The Morgan fingerprint density at radius 2 is 1.80 bits per heavy atom. The lowest BCUT2D eigenvalue weighted by Crippen LogP contribution is -2.39.